The van der Waals surface area contributed by atoms with Gasteiger partial charge < -0.3 is 5.32 Å². The molecular formula is C14H17N3OS2. The minimum atomic E-state index is -0.133. The second-order valence-electron chi connectivity index (χ2n) is 4.96. The third-order valence-electron chi connectivity index (χ3n) is 3.76. The predicted molar refractivity (Wildman–Crippen MR) is 83.2 cm³/mol. The molecule has 20 heavy (non-hydrogen) atoms. The van der Waals surface area contributed by atoms with Gasteiger partial charge >= 0.3 is 0 Å². The molecule has 1 N–H and O–H groups in total. The van der Waals surface area contributed by atoms with Crippen molar-refractivity contribution in [2.75, 3.05) is 11.9 Å². The Morgan fingerprint density at radius 1 is 1.55 bits per heavy atom. The molecule has 0 saturated carbocycles. The number of aromatic nitrogens is 1. The van der Waals surface area contributed by atoms with Crippen LogP contribution in [0.3, 0.4) is 0 Å². The minimum absolute atomic E-state index is 0.0297. The Bertz CT molecular complexity index is 553. The van der Waals surface area contributed by atoms with E-state index in [-0.39, 0.29) is 11.9 Å². The summed E-state index contributed by atoms with van der Waals surface area (Å²) in [5, 5.41) is 9.73. The molecule has 0 aromatic carbocycles. The molecule has 0 aliphatic carbocycles. The maximum absolute atomic E-state index is 12.3. The van der Waals surface area contributed by atoms with Crippen LogP contribution in [0.25, 0.3) is 0 Å². The number of amides is 1. The van der Waals surface area contributed by atoms with Gasteiger partial charge in [-0.05, 0) is 48.7 Å². The number of likely N-dealkylation sites (tertiary alicyclic amines) is 1. The second-order valence-corrected chi connectivity index (χ2v) is 6.63. The first-order valence-corrected chi connectivity index (χ1v) is 8.56. The summed E-state index contributed by atoms with van der Waals surface area (Å²) < 4.78 is 0. The lowest BCUT2D eigenvalue weighted by Gasteiger charge is -2.29. The van der Waals surface area contributed by atoms with Crippen LogP contribution in [0.2, 0.25) is 0 Å². The molecule has 2 atom stereocenters. The van der Waals surface area contributed by atoms with Gasteiger partial charge in [0.25, 0.3) is 0 Å². The van der Waals surface area contributed by atoms with Crippen molar-refractivity contribution in [1.82, 2.24) is 9.88 Å². The highest BCUT2D eigenvalue weighted by Gasteiger charge is 2.33. The number of nitrogens with one attached hydrogen (secondary N) is 1. The molecule has 1 aliphatic rings. The van der Waals surface area contributed by atoms with Crippen LogP contribution >= 0.6 is 22.7 Å². The number of hydrogen-bond acceptors (Lipinski definition) is 5. The highest BCUT2D eigenvalue weighted by Crippen LogP contribution is 2.34. The highest BCUT2D eigenvalue weighted by molar-refractivity contribution is 7.13. The van der Waals surface area contributed by atoms with Gasteiger partial charge in [-0.3, -0.25) is 9.69 Å². The average Bonchev–Trinajstić information content (AvgIpc) is 3.18. The summed E-state index contributed by atoms with van der Waals surface area (Å²) in [6.45, 7) is 2.96. The van der Waals surface area contributed by atoms with E-state index in [9.17, 15) is 4.79 Å². The number of rotatable bonds is 4. The highest BCUT2D eigenvalue weighted by atomic mass is 32.1. The minimum Gasteiger partial charge on any atom is -0.301 e. The van der Waals surface area contributed by atoms with Crippen LogP contribution in [0.4, 0.5) is 5.13 Å². The van der Waals surface area contributed by atoms with E-state index < -0.39 is 0 Å². The van der Waals surface area contributed by atoms with Gasteiger partial charge in [0.05, 0.1) is 6.04 Å². The summed E-state index contributed by atoms with van der Waals surface area (Å²) >= 11 is 3.17. The molecule has 106 valence electrons. The van der Waals surface area contributed by atoms with Gasteiger partial charge in [-0.15, -0.1) is 11.3 Å². The van der Waals surface area contributed by atoms with E-state index >= 15 is 0 Å². The van der Waals surface area contributed by atoms with Crippen molar-refractivity contribution in [3.8, 4) is 0 Å². The van der Waals surface area contributed by atoms with Crippen LogP contribution < -0.4 is 5.32 Å². The molecule has 0 bridgehead atoms. The molecule has 0 spiro atoms. The zero-order valence-corrected chi connectivity index (χ0v) is 12.9. The quantitative estimate of drug-likeness (QED) is 0.942. The number of hydrogen-bond donors (Lipinski definition) is 1. The number of anilines is 1. The molecule has 3 heterocycles. The number of thiazole rings is 1. The number of carbonyl (C=O) groups is 1. The Morgan fingerprint density at radius 2 is 2.45 bits per heavy atom. The normalized spacial score (nSPS) is 20.9. The fraction of sp³-hybridized carbons (Fsp3) is 0.429. The van der Waals surface area contributed by atoms with Crippen molar-refractivity contribution < 1.29 is 4.79 Å². The second kappa shape index (κ2) is 6.03. The van der Waals surface area contributed by atoms with E-state index in [1.807, 2.05) is 12.3 Å². The Hall–Kier alpha value is -1.24. The van der Waals surface area contributed by atoms with Crippen molar-refractivity contribution in [1.29, 1.82) is 0 Å². The summed E-state index contributed by atoms with van der Waals surface area (Å²) in [6, 6.07) is 2.41. The van der Waals surface area contributed by atoms with Gasteiger partial charge in [-0.25, -0.2) is 4.98 Å². The maximum Gasteiger partial charge on any atom is 0.243 e. The van der Waals surface area contributed by atoms with Crippen LogP contribution in [0.5, 0.6) is 0 Å². The van der Waals surface area contributed by atoms with Crippen LogP contribution in [-0.2, 0) is 4.79 Å². The molecule has 2 aromatic rings. The van der Waals surface area contributed by atoms with Gasteiger partial charge in [0.15, 0.2) is 5.13 Å². The summed E-state index contributed by atoms with van der Waals surface area (Å²) in [5.74, 6) is 0.0297. The molecule has 6 heteroatoms. The van der Waals surface area contributed by atoms with Crippen LogP contribution in [0.1, 0.15) is 31.4 Å². The first kappa shape index (κ1) is 13.7. The zero-order valence-electron chi connectivity index (χ0n) is 11.3. The van der Waals surface area contributed by atoms with E-state index in [1.54, 1.807) is 17.5 Å². The third-order valence-corrected chi connectivity index (χ3v) is 5.15. The molecule has 1 aliphatic heterocycles. The smallest absolute Gasteiger partial charge is 0.243 e. The summed E-state index contributed by atoms with van der Waals surface area (Å²) in [5.41, 5.74) is 1.33. The standard InChI is InChI=1S/C14H17N3OS2/c1-10(13(18)16-14-15-5-8-20-14)17-6-2-3-12(17)11-4-7-19-9-11/h4-5,7-10,12H,2-3,6H2,1H3,(H,15,16,18)/t10-,12-/m1/s1. The topological polar surface area (TPSA) is 45.2 Å². The van der Waals surface area contributed by atoms with E-state index in [0.29, 0.717) is 11.2 Å². The SMILES string of the molecule is C[C@H](C(=O)Nc1nccs1)N1CCC[C@@H]1c1ccsc1. The Labute approximate surface area is 126 Å². The van der Waals surface area contributed by atoms with Crippen LogP contribution in [-0.4, -0.2) is 28.4 Å². The fourth-order valence-corrected chi connectivity index (χ4v) is 3.96. The molecule has 4 nitrogen and oxygen atoms in total. The van der Waals surface area contributed by atoms with E-state index in [0.717, 1.165) is 19.4 Å². The molecule has 2 aromatic heterocycles. The third kappa shape index (κ3) is 2.77. The predicted octanol–water partition coefficient (Wildman–Crippen LogP) is 3.37. The first-order chi connectivity index (χ1) is 9.75. The summed E-state index contributed by atoms with van der Waals surface area (Å²) in [7, 11) is 0. The molecule has 0 unspecified atom stereocenters. The number of nitrogens with zero attached hydrogens (tertiary/aromatic N) is 2. The van der Waals surface area contributed by atoms with Crippen LogP contribution in [0, 0.1) is 0 Å². The van der Waals surface area contributed by atoms with Gasteiger partial charge in [0, 0.05) is 17.6 Å². The van der Waals surface area contributed by atoms with Gasteiger partial charge in [-0.2, -0.15) is 11.3 Å². The Balaban J connectivity index is 1.69. The van der Waals surface area contributed by atoms with E-state index in [4.69, 9.17) is 0 Å². The Morgan fingerprint density at radius 3 is 3.15 bits per heavy atom. The van der Waals surface area contributed by atoms with Crippen molar-refractivity contribution in [2.24, 2.45) is 0 Å². The van der Waals surface area contributed by atoms with Crippen molar-refractivity contribution in [3.05, 3.63) is 34.0 Å². The van der Waals surface area contributed by atoms with Crippen molar-refractivity contribution in [3.63, 3.8) is 0 Å². The summed E-state index contributed by atoms with van der Waals surface area (Å²) in [6.07, 6.45) is 3.98. The summed E-state index contributed by atoms with van der Waals surface area (Å²) in [4.78, 5) is 18.7. The molecule has 1 amide bonds. The van der Waals surface area contributed by atoms with Crippen molar-refractivity contribution in [2.45, 2.75) is 31.8 Å². The molecule has 3 rings (SSSR count). The lowest BCUT2D eigenvalue weighted by molar-refractivity contribution is -0.121. The zero-order chi connectivity index (χ0) is 13.9. The molecular weight excluding hydrogens is 290 g/mol. The molecule has 0 radical (unpaired) electrons. The Kier molecular flexibility index (Phi) is 4.14. The van der Waals surface area contributed by atoms with Gasteiger partial charge in [-0.1, -0.05) is 0 Å². The number of thiophene rings is 1. The fourth-order valence-electron chi connectivity index (χ4n) is 2.72. The largest absolute Gasteiger partial charge is 0.301 e. The number of carbonyl (C=O) groups excluding carboxylic acids is 1. The lowest BCUT2D eigenvalue weighted by atomic mass is 10.1. The van der Waals surface area contributed by atoms with Gasteiger partial charge in [0.1, 0.15) is 0 Å². The van der Waals surface area contributed by atoms with Crippen LogP contribution in [0.15, 0.2) is 28.4 Å². The molecule has 1 saturated heterocycles. The first-order valence-electron chi connectivity index (χ1n) is 6.74. The van der Waals surface area contributed by atoms with Crippen molar-refractivity contribution >= 4 is 33.7 Å². The monoisotopic (exact) mass is 307 g/mol. The lowest BCUT2D eigenvalue weighted by Crippen LogP contribution is -2.41. The van der Waals surface area contributed by atoms with E-state index in [2.05, 4.69) is 32.0 Å². The maximum atomic E-state index is 12.3. The van der Waals surface area contributed by atoms with E-state index in [1.165, 1.54) is 16.9 Å². The average molecular weight is 307 g/mol. The van der Waals surface area contributed by atoms with Gasteiger partial charge in [0.2, 0.25) is 5.91 Å². The molecule has 1 fully saturated rings.